The zero-order valence-corrected chi connectivity index (χ0v) is 18.2. The van der Waals surface area contributed by atoms with Gasteiger partial charge in [0.15, 0.2) is 5.82 Å². The molecule has 0 saturated heterocycles. The maximum Gasteiger partial charge on any atom is 0.259 e. The molecule has 8 heteroatoms. The van der Waals surface area contributed by atoms with E-state index < -0.39 is 0 Å². The smallest absolute Gasteiger partial charge is 0.259 e. The summed E-state index contributed by atoms with van der Waals surface area (Å²) in [4.78, 5) is 32.0. The molecule has 0 radical (unpaired) electrons. The van der Waals surface area contributed by atoms with Crippen LogP contribution in [0, 0.1) is 11.3 Å². The predicted octanol–water partition coefficient (Wildman–Crippen LogP) is 4.90. The number of amides is 1. The van der Waals surface area contributed by atoms with Crippen molar-refractivity contribution in [2.45, 2.75) is 0 Å². The molecule has 0 aliphatic heterocycles. The third-order valence-corrected chi connectivity index (χ3v) is 5.09. The van der Waals surface area contributed by atoms with Crippen molar-refractivity contribution >= 4 is 45.7 Å². The van der Waals surface area contributed by atoms with Crippen molar-refractivity contribution in [3.05, 3.63) is 99.1 Å². The van der Waals surface area contributed by atoms with Crippen LogP contribution in [0.4, 0.5) is 5.69 Å². The van der Waals surface area contributed by atoms with Gasteiger partial charge in [0.1, 0.15) is 11.8 Å². The van der Waals surface area contributed by atoms with Gasteiger partial charge in [0.05, 0.1) is 23.6 Å². The first-order valence-electron chi connectivity index (χ1n) is 9.84. The number of aromatic amines is 1. The number of fused-ring (bicyclic) bond motifs is 1. The third kappa shape index (κ3) is 4.92. The third-order valence-electron chi connectivity index (χ3n) is 4.85. The molecular formula is C25H17ClN4O3. The lowest BCUT2D eigenvalue weighted by atomic mass is 10.1. The molecule has 0 aliphatic carbocycles. The van der Waals surface area contributed by atoms with Crippen LogP contribution >= 0.6 is 11.6 Å². The number of nitrogens with zero attached hydrogens (tertiary/aromatic N) is 2. The topological polar surface area (TPSA) is 108 Å². The number of nitriles is 1. The van der Waals surface area contributed by atoms with Gasteiger partial charge >= 0.3 is 0 Å². The predicted molar refractivity (Wildman–Crippen MR) is 128 cm³/mol. The van der Waals surface area contributed by atoms with E-state index in [-0.39, 0.29) is 22.9 Å². The van der Waals surface area contributed by atoms with Gasteiger partial charge in [0.2, 0.25) is 0 Å². The first-order chi connectivity index (χ1) is 16.0. The molecule has 3 aromatic carbocycles. The molecule has 0 spiro atoms. The molecule has 0 unspecified atom stereocenters. The number of anilines is 1. The number of rotatable bonds is 5. The van der Waals surface area contributed by atoms with Crippen molar-refractivity contribution in [3.8, 4) is 11.8 Å². The van der Waals surface area contributed by atoms with Crippen LogP contribution in [-0.2, 0) is 0 Å². The maximum absolute atomic E-state index is 12.5. The average molecular weight is 457 g/mol. The quantitative estimate of drug-likeness (QED) is 0.415. The van der Waals surface area contributed by atoms with Gasteiger partial charge in [-0.2, -0.15) is 5.26 Å². The van der Waals surface area contributed by atoms with Crippen LogP contribution in [0.15, 0.2) is 71.5 Å². The molecule has 4 aromatic rings. The van der Waals surface area contributed by atoms with Crippen molar-refractivity contribution in [3.63, 3.8) is 0 Å². The zero-order chi connectivity index (χ0) is 23.4. The van der Waals surface area contributed by atoms with E-state index in [0.717, 1.165) is 0 Å². The lowest BCUT2D eigenvalue weighted by Gasteiger charge is -2.07. The fourth-order valence-electron chi connectivity index (χ4n) is 3.21. The standard InChI is InChI=1S/C25H17ClN4O3/c1-33-20-8-5-16(6-9-20)24(31)28-19-4-2-3-15(12-19)11-17(14-27)23-29-22-13-18(26)7-10-21(22)25(32)30-23/h2-13H,1H3,(H,28,31)(H,29,30,32)/b17-11+. The number of carbonyl (C=O) groups excluding carboxylic acids is 1. The number of hydrogen-bond acceptors (Lipinski definition) is 5. The van der Waals surface area contributed by atoms with Crippen LogP contribution in [0.3, 0.4) is 0 Å². The molecule has 33 heavy (non-hydrogen) atoms. The van der Waals surface area contributed by atoms with Gasteiger partial charge in [0.25, 0.3) is 11.5 Å². The largest absolute Gasteiger partial charge is 0.497 e. The molecule has 0 aliphatic rings. The second kappa shape index (κ2) is 9.39. The van der Waals surface area contributed by atoms with Crippen LogP contribution < -0.4 is 15.6 Å². The number of benzene rings is 3. The zero-order valence-electron chi connectivity index (χ0n) is 17.4. The van der Waals surface area contributed by atoms with Crippen molar-refractivity contribution < 1.29 is 9.53 Å². The van der Waals surface area contributed by atoms with E-state index in [1.54, 1.807) is 79.9 Å². The maximum atomic E-state index is 12.5. The molecular weight excluding hydrogens is 440 g/mol. The summed E-state index contributed by atoms with van der Waals surface area (Å²) in [7, 11) is 1.56. The van der Waals surface area contributed by atoms with E-state index in [2.05, 4.69) is 21.4 Å². The number of allylic oxidation sites excluding steroid dienone is 1. The Morgan fingerprint density at radius 2 is 1.94 bits per heavy atom. The Hall–Kier alpha value is -4.41. The van der Waals surface area contributed by atoms with E-state index in [0.29, 0.717) is 38.5 Å². The monoisotopic (exact) mass is 456 g/mol. The second-order valence-electron chi connectivity index (χ2n) is 7.05. The van der Waals surface area contributed by atoms with Gasteiger partial charge in [0, 0.05) is 16.3 Å². The number of methoxy groups -OCH3 is 1. The number of aromatic nitrogens is 2. The fourth-order valence-corrected chi connectivity index (χ4v) is 3.38. The summed E-state index contributed by atoms with van der Waals surface area (Å²) >= 11 is 6.01. The summed E-state index contributed by atoms with van der Waals surface area (Å²) < 4.78 is 5.11. The average Bonchev–Trinajstić information content (AvgIpc) is 2.82. The molecule has 1 heterocycles. The van der Waals surface area contributed by atoms with Gasteiger partial charge in [-0.05, 0) is 66.2 Å². The molecule has 0 atom stereocenters. The van der Waals surface area contributed by atoms with Crippen LogP contribution in [0.1, 0.15) is 21.7 Å². The highest BCUT2D eigenvalue weighted by atomic mass is 35.5. The summed E-state index contributed by atoms with van der Waals surface area (Å²) in [6.45, 7) is 0. The number of nitrogens with one attached hydrogen (secondary N) is 2. The molecule has 0 fully saturated rings. The van der Waals surface area contributed by atoms with Crippen molar-refractivity contribution in [1.82, 2.24) is 9.97 Å². The Morgan fingerprint density at radius 3 is 2.67 bits per heavy atom. The number of hydrogen-bond donors (Lipinski definition) is 2. The van der Waals surface area contributed by atoms with Gasteiger partial charge in [-0.1, -0.05) is 23.7 Å². The Labute approximate surface area is 193 Å². The minimum atomic E-state index is -0.367. The Kier molecular flexibility index (Phi) is 6.20. The number of carbonyl (C=O) groups is 1. The first kappa shape index (κ1) is 21.8. The highest BCUT2D eigenvalue weighted by Gasteiger charge is 2.10. The summed E-state index contributed by atoms with van der Waals surface area (Å²) in [6, 6.07) is 20.5. The lowest BCUT2D eigenvalue weighted by molar-refractivity contribution is 0.102. The van der Waals surface area contributed by atoms with E-state index >= 15 is 0 Å². The second-order valence-corrected chi connectivity index (χ2v) is 7.49. The van der Waals surface area contributed by atoms with Crippen molar-refractivity contribution in [2.24, 2.45) is 0 Å². The molecule has 2 N–H and O–H groups in total. The summed E-state index contributed by atoms with van der Waals surface area (Å²) in [5.74, 6) is 0.506. The Bertz CT molecular complexity index is 1480. The van der Waals surface area contributed by atoms with E-state index in [9.17, 15) is 14.9 Å². The highest BCUT2D eigenvalue weighted by Crippen LogP contribution is 2.21. The lowest BCUT2D eigenvalue weighted by Crippen LogP contribution is -2.12. The van der Waals surface area contributed by atoms with E-state index in [4.69, 9.17) is 16.3 Å². The Morgan fingerprint density at radius 1 is 1.15 bits per heavy atom. The van der Waals surface area contributed by atoms with Gasteiger partial charge < -0.3 is 15.0 Å². The minimum Gasteiger partial charge on any atom is -0.497 e. The number of H-pyrrole nitrogens is 1. The van der Waals surface area contributed by atoms with Gasteiger partial charge in [-0.15, -0.1) is 0 Å². The first-order valence-corrected chi connectivity index (χ1v) is 10.2. The molecule has 7 nitrogen and oxygen atoms in total. The molecule has 162 valence electrons. The fraction of sp³-hybridized carbons (Fsp3) is 0.0400. The molecule has 0 saturated carbocycles. The summed E-state index contributed by atoms with van der Waals surface area (Å²) in [6.07, 6.45) is 1.58. The molecule has 1 aromatic heterocycles. The molecule has 0 bridgehead atoms. The number of ether oxygens (including phenoxy) is 1. The minimum absolute atomic E-state index is 0.130. The van der Waals surface area contributed by atoms with Crippen LogP contribution in [-0.4, -0.2) is 23.0 Å². The van der Waals surface area contributed by atoms with E-state index in [1.165, 1.54) is 0 Å². The van der Waals surface area contributed by atoms with E-state index in [1.807, 2.05) is 0 Å². The number of halogens is 1. The highest BCUT2D eigenvalue weighted by molar-refractivity contribution is 6.31. The van der Waals surface area contributed by atoms with Gasteiger partial charge in [-0.3, -0.25) is 9.59 Å². The van der Waals surface area contributed by atoms with Crippen LogP contribution in [0.2, 0.25) is 5.02 Å². The molecule has 4 rings (SSSR count). The Balaban J connectivity index is 1.62. The van der Waals surface area contributed by atoms with Crippen molar-refractivity contribution in [1.29, 1.82) is 5.26 Å². The normalized spacial score (nSPS) is 11.1. The van der Waals surface area contributed by atoms with Crippen molar-refractivity contribution in [2.75, 3.05) is 12.4 Å². The SMILES string of the molecule is COc1ccc(C(=O)Nc2cccc(/C=C(\C#N)c3nc4cc(Cl)ccc4c(=O)[nH]3)c2)cc1. The molecule has 1 amide bonds. The van der Waals surface area contributed by atoms with Crippen LogP contribution in [0.5, 0.6) is 5.75 Å². The van der Waals surface area contributed by atoms with Crippen LogP contribution in [0.25, 0.3) is 22.6 Å². The summed E-state index contributed by atoms with van der Waals surface area (Å²) in [5, 5.41) is 13.3. The summed E-state index contributed by atoms with van der Waals surface area (Å²) in [5.41, 5.74) is 1.86. The van der Waals surface area contributed by atoms with Gasteiger partial charge in [-0.25, -0.2) is 4.98 Å².